The average molecular weight is 1870 g/mol. The summed E-state index contributed by atoms with van der Waals surface area (Å²) in [4.78, 5) is 43.3. The Morgan fingerprint density at radius 2 is 0.810 bits per heavy atom. The van der Waals surface area contributed by atoms with E-state index in [9.17, 15) is 27.2 Å². The van der Waals surface area contributed by atoms with Crippen LogP contribution in [0.2, 0.25) is 0 Å². The molecule has 1 saturated heterocycles. The molecule has 0 aliphatic carbocycles. The van der Waals surface area contributed by atoms with Crippen LogP contribution >= 0.6 is 116 Å². The van der Waals surface area contributed by atoms with Gasteiger partial charge in [-0.05, 0) is 217 Å². The van der Waals surface area contributed by atoms with E-state index in [0.717, 1.165) is 148 Å². The van der Waals surface area contributed by atoms with E-state index in [-0.39, 0.29) is 18.3 Å². The summed E-state index contributed by atoms with van der Waals surface area (Å²) >= 11 is 22.5. The number of nitrogens with zero attached hydrogens (tertiary/aromatic N) is 14. The van der Waals surface area contributed by atoms with Crippen LogP contribution in [0.15, 0.2) is 235 Å². The third-order valence-corrected chi connectivity index (χ3v) is 23.0. The van der Waals surface area contributed by atoms with Crippen molar-refractivity contribution in [1.82, 2.24) is 74.2 Å². The fourth-order valence-electron chi connectivity index (χ4n) is 10.2. The molecular weight excluding hydrogens is 1800 g/mol. The first-order valence-corrected chi connectivity index (χ1v) is 41.7. The predicted molar refractivity (Wildman–Crippen MR) is 467 cm³/mol. The van der Waals surface area contributed by atoms with E-state index in [0.29, 0.717) is 5.69 Å². The highest BCUT2D eigenvalue weighted by Gasteiger charge is 2.51. The van der Waals surface area contributed by atoms with Gasteiger partial charge in [0.2, 0.25) is 20.5 Å². The zero-order valence-corrected chi connectivity index (χ0v) is 72.7. The van der Waals surface area contributed by atoms with Crippen molar-refractivity contribution < 1.29 is 36.5 Å². The van der Waals surface area contributed by atoms with Gasteiger partial charge in [0.25, 0.3) is 11.1 Å². The van der Waals surface area contributed by atoms with Crippen LogP contribution < -0.4 is 28.0 Å². The number of halogens is 8. The van der Waals surface area contributed by atoms with Gasteiger partial charge in [0.15, 0.2) is 3.92 Å². The molecule has 10 aromatic heterocycles. The molecule has 1 fully saturated rings. The summed E-state index contributed by atoms with van der Waals surface area (Å²) in [6.07, 6.45) is 18.3. The second-order valence-electron chi connectivity index (χ2n) is 25.6. The van der Waals surface area contributed by atoms with Crippen LogP contribution in [0.3, 0.4) is 0 Å². The van der Waals surface area contributed by atoms with Gasteiger partial charge in [-0.3, -0.25) is 14.7 Å². The highest BCUT2D eigenvalue weighted by molar-refractivity contribution is 9.11. The number of hydrogen-bond donors (Lipinski definition) is 5. The van der Waals surface area contributed by atoms with Crippen molar-refractivity contribution in [2.75, 3.05) is 22.5 Å². The maximum Gasteiger partial charge on any atom is 0.494 e. The topological polar surface area (TPSA) is 307 Å². The molecule has 17 rings (SSSR count). The molecule has 1 aliphatic rings. The molecule has 11 heterocycles. The van der Waals surface area contributed by atoms with Crippen LogP contribution in [-0.2, 0) is 9.31 Å². The number of rotatable bonds is 11. The summed E-state index contributed by atoms with van der Waals surface area (Å²) in [5.41, 5.74) is 30.0. The SMILES string of the molecule is Brc1nccs1.CC1(C)OB(c2ccc(N)cc2)OC1(C)C.Cc1[nH]ncc1Br.Cc1nn(-c2nccs2)cc1-c1ccc(N)cc1.Cc1nn(-c2nccs2)cc1-c1ccc(N)cc1.Cc1nn(-c2nccs2)cc1-c1ccc(NC(=O)c2c(F)cccc2F)cc1.Cc1nn(-c2nccs2)cc1Br.O=C(Cl)c1c(F)cccc1F. The number of H-pyrrole nitrogens is 1. The Morgan fingerprint density at radius 3 is 1.09 bits per heavy atom. The standard InChI is InChI=1S/C20H14F2N4OS.2C13H12N4S.C12H18BNO2.C7H6BrN3S.C7H3ClF2O.C4H5BrN2.C3H2BrNS/c1-12-15(11-26(25-12)20-23-9-10-28-20)13-5-7-14(8-6-13)24-19(27)18-16(21)3-2-4-17(18)22;2*1-9-12(10-2-4-11(14)5-3-10)8-17(16-9)13-15-6-7-18-13;1-11(2)12(3,4)16-13(15-11)9-5-7-10(14)8-6-9;1-5-6(8)4-11(10-5)7-9-2-3-12-7;8-7(11)6-4(9)2-1-3-5(6)10;1-3-4(5)2-6-7-3;4-3-5-1-2-6-3/h2-11H,1H3,(H,24,27);2*2-8H,14H2,1H3;5-8H,14H2,1-4H3;2-4H,1H3;1-3H;2H,1H3,(H,6,7);1-2H. The highest BCUT2D eigenvalue weighted by atomic mass is 79.9. The predicted octanol–water partition coefficient (Wildman–Crippen LogP) is 20.3. The van der Waals surface area contributed by atoms with E-state index in [4.69, 9.17) is 38.1 Å². The molecule has 0 atom stereocenters. The largest absolute Gasteiger partial charge is 0.494 e. The number of benzene rings is 6. The Kier molecular flexibility index (Phi) is 31.0. The molecule has 23 nitrogen and oxygen atoms in total. The fourth-order valence-corrected chi connectivity index (χ4v) is 13.9. The molecule has 6 aromatic carbocycles. The number of thiazole rings is 5. The molecule has 0 spiro atoms. The lowest BCUT2D eigenvalue weighted by Crippen LogP contribution is -2.41. The number of aryl methyl sites for hydroxylation is 5. The second-order valence-corrected chi connectivity index (χ2v) is 33.3. The van der Waals surface area contributed by atoms with Crippen molar-refractivity contribution in [1.29, 1.82) is 0 Å². The normalized spacial score (nSPS) is 12.1. The number of nitrogens with two attached hydrogens (primary N) is 3. The molecular formula is C79H72BBr3ClF4N19O4S5. The summed E-state index contributed by atoms with van der Waals surface area (Å²) in [6, 6.07) is 36.6. The lowest BCUT2D eigenvalue weighted by atomic mass is 9.79. The summed E-state index contributed by atoms with van der Waals surface area (Å²) in [6.45, 7) is 18.0. The quantitative estimate of drug-likeness (QED) is 0.0348. The van der Waals surface area contributed by atoms with Gasteiger partial charge in [-0.25, -0.2) is 61.2 Å². The Morgan fingerprint density at radius 1 is 0.466 bits per heavy atom. The number of nitrogens with one attached hydrogen (secondary N) is 2. The van der Waals surface area contributed by atoms with Crippen LogP contribution in [0, 0.1) is 57.9 Å². The second kappa shape index (κ2) is 40.9. The third-order valence-electron chi connectivity index (χ3n) is 16.9. The molecule has 0 unspecified atom stereocenters. The van der Waals surface area contributed by atoms with Gasteiger partial charge in [0.05, 0.1) is 49.1 Å². The lowest BCUT2D eigenvalue weighted by molar-refractivity contribution is 0.00578. The van der Waals surface area contributed by atoms with E-state index in [2.05, 4.69) is 109 Å². The van der Waals surface area contributed by atoms with Crippen molar-refractivity contribution in [3.63, 3.8) is 0 Å². The number of carbonyl (C=O) groups is 2. The molecule has 0 radical (unpaired) electrons. The van der Waals surface area contributed by atoms with Gasteiger partial charge in [0, 0.05) is 128 Å². The van der Waals surface area contributed by atoms with Gasteiger partial charge in [-0.15, -0.1) is 56.7 Å². The first-order valence-electron chi connectivity index (χ1n) is 34.5. The third kappa shape index (κ3) is 23.9. The van der Waals surface area contributed by atoms with Crippen LogP contribution in [0.25, 0.3) is 53.9 Å². The molecule has 8 N–H and O–H groups in total. The summed E-state index contributed by atoms with van der Waals surface area (Å²) in [5.74, 6) is -4.52. The maximum absolute atomic E-state index is 13.7. The minimum absolute atomic E-state index is 0.293. The molecule has 0 bridgehead atoms. The van der Waals surface area contributed by atoms with E-state index in [1.165, 1.54) is 17.4 Å². The summed E-state index contributed by atoms with van der Waals surface area (Å²) in [5, 5.41) is 38.6. The van der Waals surface area contributed by atoms with Crippen LogP contribution in [0.1, 0.15) is 76.9 Å². The first-order chi connectivity index (χ1) is 55.4. The van der Waals surface area contributed by atoms with Crippen LogP contribution in [-0.4, -0.2) is 104 Å². The minimum Gasteiger partial charge on any atom is -0.399 e. The van der Waals surface area contributed by atoms with Crippen molar-refractivity contribution >= 4 is 163 Å². The number of amides is 1. The maximum atomic E-state index is 13.7. The number of aromatic amines is 1. The Balaban J connectivity index is 0.000000145. The highest BCUT2D eigenvalue weighted by Crippen LogP contribution is 2.37. The number of hydrogen-bond acceptors (Lipinski definition) is 22. The number of aromatic nitrogens is 15. The van der Waals surface area contributed by atoms with Crippen LogP contribution in [0.4, 0.5) is 40.3 Å². The monoisotopic (exact) mass is 1870 g/mol. The Bertz CT molecular complexity index is 5590. The van der Waals surface area contributed by atoms with Crippen molar-refractivity contribution in [2.24, 2.45) is 0 Å². The van der Waals surface area contributed by atoms with Crippen molar-refractivity contribution in [2.45, 2.75) is 73.5 Å². The van der Waals surface area contributed by atoms with Gasteiger partial charge in [-0.1, -0.05) is 60.7 Å². The molecule has 0 saturated carbocycles. The van der Waals surface area contributed by atoms with E-state index in [1.54, 1.807) is 104 Å². The first kappa shape index (κ1) is 87.9. The van der Waals surface area contributed by atoms with Crippen molar-refractivity contribution in [3.8, 4) is 53.9 Å². The Hall–Kier alpha value is -10.5. The average Bonchev–Trinajstić information content (AvgIpc) is 1.63. The zero-order valence-electron chi connectivity index (χ0n) is 63.1. The molecule has 37 heteroatoms. The molecule has 1 amide bonds. The lowest BCUT2D eigenvalue weighted by Gasteiger charge is -2.32. The number of carbonyl (C=O) groups excluding carboxylic acids is 2. The zero-order chi connectivity index (χ0) is 83.4. The van der Waals surface area contributed by atoms with Gasteiger partial charge in [-0.2, -0.15) is 25.5 Å². The smallest absolute Gasteiger partial charge is 0.399 e. The molecule has 596 valence electrons. The van der Waals surface area contributed by atoms with E-state index in [1.807, 2.05) is 208 Å². The van der Waals surface area contributed by atoms with E-state index < -0.39 is 45.5 Å². The van der Waals surface area contributed by atoms with Gasteiger partial charge < -0.3 is 31.8 Å². The number of anilines is 4. The number of nitrogen functional groups attached to an aromatic ring is 3. The molecule has 1 aliphatic heterocycles. The van der Waals surface area contributed by atoms with Gasteiger partial charge in [0.1, 0.15) is 34.4 Å². The molecule has 16 aromatic rings. The fraction of sp³-hybridized carbons (Fsp3) is 0.139. The minimum atomic E-state index is -1.12. The summed E-state index contributed by atoms with van der Waals surface area (Å²) < 4.78 is 74.5. The van der Waals surface area contributed by atoms with E-state index >= 15 is 0 Å². The Labute approximate surface area is 715 Å². The van der Waals surface area contributed by atoms with Crippen LogP contribution in [0.5, 0.6) is 0 Å². The van der Waals surface area contributed by atoms with Crippen molar-refractivity contribution in [3.05, 3.63) is 298 Å². The molecule has 116 heavy (non-hydrogen) atoms. The summed E-state index contributed by atoms with van der Waals surface area (Å²) in [7, 11) is -0.300. The van der Waals surface area contributed by atoms with Gasteiger partial charge >= 0.3 is 7.12 Å².